The van der Waals surface area contributed by atoms with Crippen LogP contribution in [0, 0.1) is 17.2 Å². The Kier molecular flexibility index (Phi) is 10.7. The molecule has 264 valence electrons. The van der Waals surface area contributed by atoms with Crippen LogP contribution in [0.2, 0.25) is 0 Å². The molecule has 0 aliphatic carbocycles. The molecule has 1 fully saturated rings. The maximum Gasteiger partial charge on any atom is 0.519 e. The lowest BCUT2D eigenvalue weighted by atomic mass is 9.92. The minimum absolute atomic E-state index is 0.0182. The molecule has 1 aromatic carbocycles. The number of anilines is 1. The summed E-state index contributed by atoms with van der Waals surface area (Å²) in [7, 11) is 0. The van der Waals surface area contributed by atoms with Crippen LogP contribution >= 0.6 is 0 Å². The Balaban J connectivity index is 1.39. The summed E-state index contributed by atoms with van der Waals surface area (Å²) in [6.45, 7) is 6.07. The van der Waals surface area contributed by atoms with Crippen molar-refractivity contribution in [2.45, 2.75) is 76.6 Å². The number of nitrogens with one attached hydrogen (secondary N) is 1. The van der Waals surface area contributed by atoms with Crippen molar-refractivity contribution < 1.29 is 47.3 Å². The molecule has 17 nitrogen and oxygen atoms in total. The second-order valence-corrected chi connectivity index (χ2v) is 12.2. The summed E-state index contributed by atoms with van der Waals surface area (Å²) in [5.74, 6) is -2.69. The quantitative estimate of drug-likeness (QED) is 0.142. The van der Waals surface area contributed by atoms with E-state index in [1.807, 2.05) is 6.07 Å². The molecule has 1 aliphatic heterocycles. The van der Waals surface area contributed by atoms with E-state index in [0.717, 1.165) is 6.33 Å². The topological polar surface area (TPSA) is 244 Å². The van der Waals surface area contributed by atoms with Crippen molar-refractivity contribution in [3.63, 3.8) is 0 Å². The van der Waals surface area contributed by atoms with Crippen molar-refractivity contribution in [1.29, 1.82) is 5.26 Å². The summed E-state index contributed by atoms with van der Waals surface area (Å²) in [6, 6.07) is 12.6. The number of amides is 1. The van der Waals surface area contributed by atoms with Crippen LogP contribution in [-0.4, -0.2) is 68.7 Å². The van der Waals surface area contributed by atoms with Gasteiger partial charge in [-0.3, -0.25) is 14.9 Å². The highest BCUT2D eigenvalue weighted by Gasteiger charge is 2.60. The average molecular weight is 693 g/mol. The molecule has 1 saturated heterocycles. The molecule has 17 heteroatoms. The number of benzene rings is 1. The lowest BCUT2D eigenvalue weighted by Crippen LogP contribution is -2.46. The molecule has 3 aromatic heterocycles. The highest BCUT2D eigenvalue weighted by molar-refractivity contribution is 5.88. The number of aromatic nitrogens is 3. The Bertz CT molecular complexity index is 1950. The number of aliphatic hydroxyl groups excluding tert-OH is 1. The highest BCUT2D eigenvalue weighted by atomic mass is 16.6. The predicted octanol–water partition coefficient (Wildman–Crippen LogP) is 2.31. The van der Waals surface area contributed by atoms with Crippen LogP contribution in [0.25, 0.3) is 5.52 Å². The molecule has 5 rings (SSSR count). The molecular weight excluding hydrogens is 656 g/mol. The first-order chi connectivity index (χ1) is 23.8. The fourth-order valence-electron chi connectivity index (χ4n) is 5.35. The van der Waals surface area contributed by atoms with Crippen molar-refractivity contribution in [1.82, 2.24) is 14.6 Å². The molecule has 4 N–H and O–H groups in total. The molecule has 50 heavy (non-hydrogen) atoms. The monoisotopic (exact) mass is 692 g/mol. The summed E-state index contributed by atoms with van der Waals surface area (Å²) in [5.41, 5.74) is 4.63. The Morgan fingerprint density at radius 3 is 2.54 bits per heavy atom. The van der Waals surface area contributed by atoms with E-state index in [4.69, 9.17) is 33.5 Å². The maximum absolute atomic E-state index is 12.9. The van der Waals surface area contributed by atoms with Crippen molar-refractivity contribution in [2.24, 2.45) is 11.7 Å². The van der Waals surface area contributed by atoms with Crippen LogP contribution in [0.15, 0.2) is 62.4 Å². The number of aliphatic hydroxyl groups is 1. The van der Waals surface area contributed by atoms with Gasteiger partial charge in [0.1, 0.15) is 42.8 Å². The van der Waals surface area contributed by atoms with Gasteiger partial charge in [0.15, 0.2) is 30.0 Å². The van der Waals surface area contributed by atoms with Gasteiger partial charge >= 0.3 is 23.9 Å². The molecular formula is C33H36N6O11. The summed E-state index contributed by atoms with van der Waals surface area (Å²) in [6.07, 6.45) is -4.56. The van der Waals surface area contributed by atoms with E-state index in [9.17, 15) is 29.5 Å². The van der Waals surface area contributed by atoms with E-state index < -0.39 is 67.0 Å². The van der Waals surface area contributed by atoms with Crippen LogP contribution in [0.5, 0.6) is 0 Å². The zero-order valence-electron chi connectivity index (χ0n) is 27.6. The van der Waals surface area contributed by atoms with Crippen LogP contribution in [0.4, 0.5) is 10.6 Å². The third-order valence-corrected chi connectivity index (χ3v) is 8.03. The number of nitrogens with two attached hydrogens (primary N) is 1. The van der Waals surface area contributed by atoms with Gasteiger partial charge in [-0.05, 0) is 23.6 Å². The van der Waals surface area contributed by atoms with Gasteiger partial charge in [-0.1, -0.05) is 58.0 Å². The predicted molar refractivity (Wildman–Crippen MR) is 170 cm³/mol. The molecule has 0 spiro atoms. The fraction of sp³-hybridized carbons (Fsp3) is 0.424. The van der Waals surface area contributed by atoms with E-state index >= 15 is 0 Å². The summed E-state index contributed by atoms with van der Waals surface area (Å²) in [5, 5.41) is 28.8. The number of ether oxygens (including phenoxy) is 4. The first-order valence-electron chi connectivity index (χ1n) is 15.7. The van der Waals surface area contributed by atoms with Gasteiger partial charge in [-0.15, -0.1) is 0 Å². The number of carbonyl (C=O) groups excluding carboxylic acids is 3. The number of nitrogens with zero attached hydrogens (tertiary/aromatic N) is 4. The lowest BCUT2D eigenvalue weighted by molar-refractivity contribution is -0.162. The maximum atomic E-state index is 12.9. The van der Waals surface area contributed by atoms with Gasteiger partial charge in [0.2, 0.25) is 5.60 Å². The number of esters is 2. The fourth-order valence-corrected chi connectivity index (χ4v) is 5.35. The molecule has 1 aliphatic rings. The molecule has 0 unspecified atom stereocenters. The normalized spacial score (nSPS) is 20.8. The molecule has 0 saturated carbocycles. The second kappa shape index (κ2) is 14.9. The van der Waals surface area contributed by atoms with Crippen LogP contribution in [0.3, 0.4) is 0 Å². The minimum Gasteiger partial charge on any atom is -0.463 e. The standard InChI is InChI=1S/C33H36N6O11/c1-17(2)25(35)30(42)48-27-22(14-45-24(40)12-19-8-6-5-7-9-19)50-33(15-34,28(27)41)23-11-10-20-29(36-16-37-39(20)23)38-31(43)46-13-21-26(18(3)4)49-32(44)47-21/h5-11,16-18,22,25,27-28,41H,12-14,35H2,1-4H3,(H,36,37,38,43)/t22-,25+,27-,28-,33+/m1/s1. The average Bonchev–Trinajstić information content (AvgIpc) is 3.77. The Morgan fingerprint density at radius 1 is 1.12 bits per heavy atom. The van der Waals surface area contributed by atoms with Crippen LogP contribution in [-0.2, 0) is 47.2 Å². The first kappa shape index (κ1) is 35.7. The SMILES string of the molecule is CC(C)c1oc(=O)oc1COC(=O)Nc1ncnn2c([C@]3(C#N)O[C@H](COC(=O)Cc4ccccc4)[C@@H](OC(=O)[C@@H](N)C(C)C)[C@H]3O)ccc12. The van der Waals surface area contributed by atoms with Gasteiger partial charge in [0.25, 0.3) is 0 Å². The molecule has 4 aromatic rings. The van der Waals surface area contributed by atoms with Crippen molar-refractivity contribution in [3.05, 3.63) is 82.2 Å². The first-order valence-corrected chi connectivity index (χ1v) is 15.7. The van der Waals surface area contributed by atoms with E-state index in [0.29, 0.717) is 5.56 Å². The zero-order valence-corrected chi connectivity index (χ0v) is 27.6. The number of hydrogen-bond donors (Lipinski definition) is 3. The Morgan fingerprint density at radius 2 is 1.86 bits per heavy atom. The van der Waals surface area contributed by atoms with Crippen molar-refractivity contribution >= 4 is 29.4 Å². The number of fused-ring (bicyclic) bond motifs is 1. The van der Waals surface area contributed by atoms with E-state index in [1.54, 1.807) is 58.0 Å². The molecule has 4 heterocycles. The second-order valence-electron chi connectivity index (χ2n) is 12.2. The number of nitriles is 1. The van der Waals surface area contributed by atoms with Gasteiger partial charge in [0.05, 0.1) is 12.1 Å². The minimum atomic E-state index is -2.21. The van der Waals surface area contributed by atoms with Gasteiger partial charge in [-0.2, -0.15) is 10.4 Å². The zero-order chi connectivity index (χ0) is 36.2. The van der Waals surface area contributed by atoms with Crippen molar-refractivity contribution in [2.75, 3.05) is 11.9 Å². The number of rotatable bonds is 12. The Hall–Kier alpha value is -5.57. The third-order valence-electron chi connectivity index (χ3n) is 8.03. The molecule has 1 amide bonds. The van der Waals surface area contributed by atoms with Crippen LogP contribution in [0.1, 0.15) is 56.4 Å². The number of carbonyl (C=O) groups is 3. The van der Waals surface area contributed by atoms with E-state index in [2.05, 4.69) is 15.4 Å². The van der Waals surface area contributed by atoms with E-state index in [-0.39, 0.29) is 46.8 Å². The molecule has 0 radical (unpaired) electrons. The molecule has 0 bridgehead atoms. The summed E-state index contributed by atoms with van der Waals surface area (Å²) < 4.78 is 33.5. The lowest BCUT2D eigenvalue weighted by Gasteiger charge is -2.25. The van der Waals surface area contributed by atoms with Crippen molar-refractivity contribution in [3.8, 4) is 6.07 Å². The Labute approximate surface area is 284 Å². The van der Waals surface area contributed by atoms with Gasteiger partial charge in [0, 0.05) is 5.92 Å². The number of hydrogen-bond acceptors (Lipinski definition) is 15. The largest absolute Gasteiger partial charge is 0.519 e. The smallest absolute Gasteiger partial charge is 0.463 e. The summed E-state index contributed by atoms with van der Waals surface area (Å²) in [4.78, 5) is 54.0. The van der Waals surface area contributed by atoms with Gasteiger partial charge in [-0.25, -0.2) is 19.1 Å². The van der Waals surface area contributed by atoms with E-state index in [1.165, 1.54) is 16.6 Å². The molecule has 5 atom stereocenters. The highest BCUT2D eigenvalue weighted by Crippen LogP contribution is 2.42. The van der Waals surface area contributed by atoms with Gasteiger partial charge < -0.3 is 38.6 Å². The van der Waals surface area contributed by atoms with Crippen LogP contribution < -0.4 is 16.9 Å². The summed E-state index contributed by atoms with van der Waals surface area (Å²) >= 11 is 0. The third kappa shape index (κ3) is 7.37.